The van der Waals surface area contributed by atoms with Crippen LogP contribution in [-0.4, -0.2) is 21.6 Å². The summed E-state index contributed by atoms with van der Waals surface area (Å²) < 4.78 is 7.08. The van der Waals surface area contributed by atoms with E-state index >= 15 is 0 Å². The predicted octanol–water partition coefficient (Wildman–Crippen LogP) is 6.84. The lowest BCUT2D eigenvalue weighted by molar-refractivity contribution is 0.475. The summed E-state index contributed by atoms with van der Waals surface area (Å²) in [7, 11) is -2.93. The molecule has 1 unspecified atom stereocenters. The smallest absolute Gasteiger partial charge is 0.131 e. The number of hydrogen-bond acceptors (Lipinski definition) is 4. The normalized spacial score (nSPS) is 16.3. The predicted molar refractivity (Wildman–Crippen MR) is 150 cm³/mol. The van der Waals surface area contributed by atoms with Gasteiger partial charge >= 0.3 is 0 Å². The fourth-order valence-electron chi connectivity index (χ4n) is 5.48. The van der Waals surface area contributed by atoms with Crippen molar-refractivity contribution in [3.8, 4) is 34.1 Å². The minimum Gasteiger partial charge on any atom is -0.508 e. The van der Waals surface area contributed by atoms with Crippen LogP contribution < -0.4 is 9.83 Å². The standard InChI is InChI=1S/C32H25O4P/c1-37(31-9-5-3-7-29(31)28-6-2-4-8-30(28)36-37)32(22-10-16-25(33)17-11-22,23-12-18-26(34)19-13-23)24-14-20-27(35)21-15-24/h2-21,33-35H,1H2. The van der Waals surface area contributed by atoms with Crippen LogP contribution in [0.2, 0.25) is 0 Å². The van der Waals surface area contributed by atoms with Gasteiger partial charge in [0.15, 0.2) is 0 Å². The highest BCUT2D eigenvalue weighted by atomic mass is 31.2. The van der Waals surface area contributed by atoms with Crippen molar-refractivity contribution in [3.63, 3.8) is 0 Å². The summed E-state index contributed by atoms with van der Waals surface area (Å²) in [5.41, 5.74) is 4.69. The van der Waals surface area contributed by atoms with Crippen LogP contribution in [0.4, 0.5) is 0 Å². The molecule has 182 valence electrons. The molecule has 3 N–H and O–H groups in total. The Morgan fingerprint density at radius 1 is 0.514 bits per heavy atom. The SMILES string of the molecule is C=P1(C(c2ccc(O)cc2)(c2ccc(O)cc2)c2ccc(O)cc2)Oc2ccccc2-c2ccccc21. The van der Waals surface area contributed by atoms with Gasteiger partial charge in [0, 0.05) is 10.9 Å². The first-order chi connectivity index (χ1) is 17.9. The Morgan fingerprint density at radius 3 is 1.41 bits per heavy atom. The van der Waals surface area contributed by atoms with E-state index in [2.05, 4.69) is 18.2 Å². The van der Waals surface area contributed by atoms with E-state index in [-0.39, 0.29) is 17.2 Å². The molecule has 0 spiro atoms. The molecule has 0 saturated carbocycles. The number of benzene rings is 5. The molecule has 1 aliphatic heterocycles. The van der Waals surface area contributed by atoms with E-state index in [0.717, 1.165) is 38.9 Å². The second-order valence-corrected chi connectivity index (χ2v) is 12.0. The maximum Gasteiger partial charge on any atom is 0.131 e. The van der Waals surface area contributed by atoms with Crippen LogP contribution in [0.5, 0.6) is 23.0 Å². The third-order valence-corrected chi connectivity index (χ3v) is 10.7. The van der Waals surface area contributed by atoms with Gasteiger partial charge in [-0.2, -0.15) is 0 Å². The Kier molecular flexibility index (Phi) is 5.36. The van der Waals surface area contributed by atoms with Crippen LogP contribution in [0.25, 0.3) is 11.1 Å². The lowest BCUT2D eigenvalue weighted by atomic mass is 9.83. The van der Waals surface area contributed by atoms with E-state index in [1.165, 1.54) is 0 Å². The molecule has 0 saturated heterocycles. The van der Waals surface area contributed by atoms with Gasteiger partial charge in [0.1, 0.15) is 28.2 Å². The van der Waals surface area contributed by atoms with Gasteiger partial charge in [0.2, 0.25) is 0 Å². The van der Waals surface area contributed by atoms with Crippen molar-refractivity contribution in [2.24, 2.45) is 0 Å². The third-order valence-electron chi connectivity index (χ3n) is 7.12. The van der Waals surface area contributed by atoms with E-state index in [9.17, 15) is 15.3 Å². The Bertz CT molecular complexity index is 1530. The quantitative estimate of drug-likeness (QED) is 0.185. The van der Waals surface area contributed by atoms with Gasteiger partial charge in [-0.15, -0.1) is 0 Å². The molecule has 0 radical (unpaired) electrons. The van der Waals surface area contributed by atoms with Gasteiger partial charge < -0.3 is 19.8 Å². The first kappa shape index (κ1) is 23.0. The number of phenolic OH excluding ortho intramolecular Hbond substituents is 3. The molecule has 1 atom stereocenters. The Hall–Kier alpha value is -4.40. The van der Waals surface area contributed by atoms with Gasteiger partial charge in [-0.1, -0.05) is 85.2 Å². The van der Waals surface area contributed by atoms with Crippen LogP contribution in [0.1, 0.15) is 16.7 Å². The Labute approximate surface area is 215 Å². The van der Waals surface area contributed by atoms with Gasteiger partial charge in [-0.3, -0.25) is 0 Å². The van der Waals surface area contributed by atoms with E-state index in [4.69, 9.17) is 10.8 Å². The first-order valence-corrected chi connectivity index (χ1v) is 13.8. The lowest BCUT2D eigenvalue weighted by Crippen LogP contribution is -2.38. The van der Waals surface area contributed by atoms with Gasteiger partial charge in [0.05, 0.1) is 7.11 Å². The molecule has 4 nitrogen and oxygen atoms in total. The van der Waals surface area contributed by atoms with E-state index in [1.807, 2.05) is 66.7 Å². The molecule has 5 aromatic rings. The third kappa shape index (κ3) is 3.45. The number of rotatable bonds is 4. The van der Waals surface area contributed by atoms with Crippen molar-refractivity contribution in [2.45, 2.75) is 5.16 Å². The number of para-hydroxylation sites is 1. The largest absolute Gasteiger partial charge is 0.508 e. The van der Waals surface area contributed by atoms with Gasteiger partial charge in [0.25, 0.3) is 0 Å². The molecule has 0 aromatic heterocycles. The molecule has 6 rings (SSSR count). The van der Waals surface area contributed by atoms with Crippen molar-refractivity contribution in [1.82, 2.24) is 0 Å². The van der Waals surface area contributed by atoms with E-state index in [1.54, 1.807) is 36.4 Å². The maximum atomic E-state index is 10.2. The molecule has 5 heteroatoms. The molecule has 0 amide bonds. The van der Waals surface area contributed by atoms with Gasteiger partial charge in [-0.25, -0.2) is 0 Å². The van der Waals surface area contributed by atoms with Crippen molar-refractivity contribution >= 4 is 18.7 Å². The summed E-state index contributed by atoms with van der Waals surface area (Å²) in [4.78, 5) is 0. The molecule has 1 aliphatic rings. The molecule has 37 heavy (non-hydrogen) atoms. The monoisotopic (exact) mass is 504 g/mol. The first-order valence-electron chi connectivity index (χ1n) is 11.9. The molecular weight excluding hydrogens is 479 g/mol. The van der Waals surface area contributed by atoms with Crippen LogP contribution in [-0.2, 0) is 5.16 Å². The molecule has 0 fully saturated rings. The Morgan fingerprint density at radius 2 is 0.919 bits per heavy atom. The minimum absolute atomic E-state index is 0.154. The van der Waals surface area contributed by atoms with Gasteiger partial charge in [-0.05, 0) is 64.7 Å². The molecule has 0 bridgehead atoms. The zero-order valence-electron chi connectivity index (χ0n) is 20.0. The lowest BCUT2D eigenvalue weighted by Gasteiger charge is -2.49. The summed E-state index contributed by atoms with van der Waals surface area (Å²) in [6, 6.07) is 37.6. The molecular formula is C32H25O4P. The summed E-state index contributed by atoms with van der Waals surface area (Å²) >= 11 is 0. The number of phenols is 3. The maximum absolute atomic E-state index is 10.2. The summed E-state index contributed by atoms with van der Waals surface area (Å²) in [5, 5.41) is 30.6. The number of aromatic hydroxyl groups is 3. The fraction of sp³-hybridized carbons (Fsp3) is 0.0312. The second-order valence-electron chi connectivity index (χ2n) is 9.20. The number of hydrogen-bond donors (Lipinski definition) is 3. The molecule has 1 heterocycles. The zero-order valence-corrected chi connectivity index (χ0v) is 20.8. The fourth-order valence-corrected chi connectivity index (χ4v) is 9.19. The molecule has 5 aromatic carbocycles. The second kappa shape index (κ2) is 8.62. The number of fused-ring (bicyclic) bond motifs is 3. The summed E-state index contributed by atoms with van der Waals surface area (Å²) in [6.07, 6.45) is 4.94. The van der Waals surface area contributed by atoms with Crippen molar-refractivity contribution in [3.05, 3.63) is 138 Å². The average molecular weight is 505 g/mol. The summed E-state index contributed by atoms with van der Waals surface area (Å²) in [6.45, 7) is 0. The topological polar surface area (TPSA) is 69.9 Å². The van der Waals surface area contributed by atoms with Crippen molar-refractivity contribution in [1.29, 1.82) is 0 Å². The zero-order chi connectivity index (χ0) is 25.6. The molecule has 0 aliphatic carbocycles. The minimum atomic E-state index is -2.93. The average Bonchev–Trinajstić information content (AvgIpc) is 2.92. The van der Waals surface area contributed by atoms with Crippen LogP contribution >= 0.6 is 7.11 Å². The van der Waals surface area contributed by atoms with E-state index < -0.39 is 12.3 Å². The Balaban J connectivity index is 1.79. The highest BCUT2D eigenvalue weighted by Crippen LogP contribution is 2.71. The summed E-state index contributed by atoms with van der Waals surface area (Å²) in [5.74, 6) is 1.22. The van der Waals surface area contributed by atoms with Crippen LogP contribution in [0, 0.1) is 0 Å². The van der Waals surface area contributed by atoms with Crippen LogP contribution in [0.3, 0.4) is 0 Å². The van der Waals surface area contributed by atoms with Crippen molar-refractivity contribution < 1.29 is 19.8 Å². The van der Waals surface area contributed by atoms with E-state index in [0.29, 0.717) is 0 Å². The van der Waals surface area contributed by atoms with Crippen molar-refractivity contribution in [2.75, 3.05) is 0 Å². The highest BCUT2D eigenvalue weighted by Gasteiger charge is 2.52. The van der Waals surface area contributed by atoms with Crippen LogP contribution in [0.15, 0.2) is 121 Å². The highest BCUT2D eigenvalue weighted by molar-refractivity contribution is 7.78.